The standard InChI is InChI=1S/C20H23NO6S/c1-13-5-11-18(12-6-13)26-15(3)20(23)27-14(2)19(22)16-7-9-17(10-8-16)21-28(4,24)25/h5-12,14-15,21H,1-4H3. The molecule has 0 aliphatic rings. The van der Waals surface area contributed by atoms with Crippen molar-refractivity contribution in [1.82, 2.24) is 0 Å². The Kier molecular flexibility index (Phi) is 6.80. The monoisotopic (exact) mass is 405 g/mol. The van der Waals surface area contributed by atoms with E-state index in [0.29, 0.717) is 17.0 Å². The second-order valence-electron chi connectivity index (χ2n) is 6.47. The third-order valence-electron chi connectivity index (χ3n) is 3.80. The highest BCUT2D eigenvalue weighted by Gasteiger charge is 2.24. The molecular weight excluding hydrogens is 382 g/mol. The van der Waals surface area contributed by atoms with E-state index in [0.717, 1.165) is 11.8 Å². The average molecular weight is 405 g/mol. The maximum atomic E-state index is 12.4. The largest absolute Gasteiger partial charge is 0.479 e. The molecule has 0 saturated carbocycles. The van der Waals surface area contributed by atoms with Gasteiger partial charge in [0.2, 0.25) is 15.8 Å². The first kappa shape index (κ1) is 21.4. The average Bonchev–Trinajstić information content (AvgIpc) is 2.62. The molecule has 0 spiro atoms. The van der Waals surface area contributed by atoms with Crippen molar-refractivity contribution in [3.8, 4) is 5.75 Å². The van der Waals surface area contributed by atoms with Gasteiger partial charge in [0.15, 0.2) is 12.2 Å². The Morgan fingerprint density at radius 2 is 1.50 bits per heavy atom. The Morgan fingerprint density at radius 3 is 2.04 bits per heavy atom. The molecule has 7 nitrogen and oxygen atoms in total. The van der Waals surface area contributed by atoms with Gasteiger partial charge in [-0.05, 0) is 57.2 Å². The number of esters is 1. The Labute approximate surface area is 164 Å². The molecule has 0 radical (unpaired) electrons. The number of ketones is 1. The molecule has 0 aliphatic carbocycles. The maximum absolute atomic E-state index is 12.4. The molecule has 150 valence electrons. The number of Topliss-reactive ketones (excluding diaryl/α,β-unsaturated/α-hetero) is 1. The molecule has 8 heteroatoms. The third-order valence-corrected chi connectivity index (χ3v) is 4.41. The lowest BCUT2D eigenvalue weighted by Crippen LogP contribution is -2.32. The predicted octanol–water partition coefficient (Wildman–Crippen LogP) is 2.95. The normalized spacial score (nSPS) is 13.3. The van der Waals surface area contributed by atoms with Crippen molar-refractivity contribution in [3.05, 3.63) is 59.7 Å². The van der Waals surface area contributed by atoms with E-state index in [2.05, 4.69) is 4.72 Å². The number of hydrogen-bond donors (Lipinski definition) is 1. The van der Waals surface area contributed by atoms with Crippen LogP contribution in [0.15, 0.2) is 48.5 Å². The molecule has 0 saturated heterocycles. The van der Waals surface area contributed by atoms with Crippen LogP contribution in [0.4, 0.5) is 5.69 Å². The second-order valence-corrected chi connectivity index (χ2v) is 8.22. The summed E-state index contributed by atoms with van der Waals surface area (Å²) >= 11 is 0. The molecule has 0 heterocycles. The molecule has 0 bridgehead atoms. The summed E-state index contributed by atoms with van der Waals surface area (Å²) in [7, 11) is -3.40. The smallest absolute Gasteiger partial charge is 0.347 e. The highest BCUT2D eigenvalue weighted by Crippen LogP contribution is 2.16. The summed E-state index contributed by atoms with van der Waals surface area (Å²) in [6.45, 7) is 4.96. The predicted molar refractivity (Wildman–Crippen MR) is 106 cm³/mol. The van der Waals surface area contributed by atoms with Gasteiger partial charge in [-0.15, -0.1) is 0 Å². The van der Waals surface area contributed by atoms with Crippen molar-refractivity contribution in [2.75, 3.05) is 11.0 Å². The highest BCUT2D eigenvalue weighted by atomic mass is 32.2. The van der Waals surface area contributed by atoms with Crippen LogP contribution >= 0.6 is 0 Å². The third kappa shape index (κ3) is 6.38. The van der Waals surface area contributed by atoms with Crippen LogP contribution in [0.1, 0.15) is 29.8 Å². The van der Waals surface area contributed by atoms with Gasteiger partial charge in [0.05, 0.1) is 6.26 Å². The number of ether oxygens (including phenoxy) is 2. The Balaban J connectivity index is 1.95. The molecule has 0 amide bonds. The minimum Gasteiger partial charge on any atom is -0.479 e. The van der Waals surface area contributed by atoms with E-state index in [1.807, 2.05) is 19.1 Å². The minimum absolute atomic E-state index is 0.298. The van der Waals surface area contributed by atoms with Gasteiger partial charge in [-0.1, -0.05) is 17.7 Å². The summed E-state index contributed by atoms with van der Waals surface area (Å²) in [6.07, 6.45) is -0.849. The first-order chi connectivity index (χ1) is 13.0. The summed E-state index contributed by atoms with van der Waals surface area (Å²) < 4.78 is 35.5. The summed E-state index contributed by atoms with van der Waals surface area (Å²) in [5.41, 5.74) is 1.70. The molecule has 28 heavy (non-hydrogen) atoms. The summed E-state index contributed by atoms with van der Waals surface area (Å²) in [5, 5.41) is 0. The summed E-state index contributed by atoms with van der Waals surface area (Å²) in [6, 6.07) is 13.1. The fraction of sp³-hybridized carbons (Fsp3) is 0.300. The number of anilines is 1. The molecule has 2 rings (SSSR count). The lowest BCUT2D eigenvalue weighted by Gasteiger charge is -2.17. The minimum atomic E-state index is -3.40. The first-order valence-corrected chi connectivity index (χ1v) is 10.5. The molecule has 0 fully saturated rings. The van der Waals surface area contributed by atoms with Crippen LogP contribution in [0, 0.1) is 6.92 Å². The quantitative estimate of drug-likeness (QED) is 0.536. The van der Waals surface area contributed by atoms with Gasteiger partial charge in [-0.3, -0.25) is 9.52 Å². The number of aryl methyl sites for hydroxylation is 1. The van der Waals surface area contributed by atoms with Gasteiger partial charge in [0.1, 0.15) is 5.75 Å². The van der Waals surface area contributed by atoms with Crippen LogP contribution in [0.3, 0.4) is 0 Å². The molecule has 2 unspecified atom stereocenters. The van der Waals surface area contributed by atoms with Crippen LogP contribution in [0.5, 0.6) is 5.75 Å². The van der Waals surface area contributed by atoms with Crippen molar-refractivity contribution in [2.24, 2.45) is 0 Å². The van der Waals surface area contributed by atoms with Crippen LogP contribution < -0.4 is 9.46 Å². The zero-order valence-corrected chi connectivity index (χ0v) is 16.9. The molecule has 2 atom stereocenters. The summed E-state index contributed by atoms with van der Waals surface area (Å²) in [5.74, 6) is -0.526. The molecular formula is C20H23NO6S. The number of nitrogens with one attached hydrogen (secondary N) is 1. The van der Waals surface area contributed by atoms with E-state index in [4.69, 9.17) is 9.47 Å². The van der Waals surface area contributed by atoms with E-state index < -0.39 is 34.0 Å². The van der Waals surface area contributed by atoms with Crippen LogP contribution in [0.2, 0.25) is 0 Å². The second kappa shape index (κ2) is 8.88. The van der Waals surface area contributed by atoms with E-state index >= 15 is 0 Å². The molecule has 2 aromatic rings. The first-order valence-electron chi connectivity index (χ1n) is 8.61. The Bertz CT molecular complexity index is 936. The molecule has 0 aromatic heterocycles. The fourth-order valence-electron chi connectivity index (χ4n) is 2.34. The van der Waals surface area contributed by atoms with Crippen LogP contribution in [0.25, 0.3) is 0 Å². The lowest BCUT2D eigenvalue weighted by atomic mass is 10.1. The topological polar surface area (TPSA) is 98.8 Å². The van der Waals surface area contributed by atoms with Crippen LogP contribution in [-0.2, 0) is 19.6 Å². The Morgan fingerprint density at radius 1 is 0.929 bits per heavy atom. The number of carbonyl (C=O) groups is 2. The molecule has 0 aliphatic heterocycles. The van der Waals surface area contributed by atoms with Gasteiger partial charge in [0.25, 0.3) is 0 Å². The van der Waals surface area contributed by atoms with Gasteiger partial charge < -0.3 is 9.47 Å². The number of sulfonamides is 1. The zero-order chi connectivity index (χ0) is 20.9. The SMILES string of the molecule is Cc1ccc(OC(C)C(=O)OC(C)C(=O)c2ccc(NS(C)(=O)=O)cc2)cc1. The zero-order valence-electron chi connectivity index (χ0n) is 16.1. The molecule has 1 N–H and O–H groups in total. The number of hydrogen-bond acceptors (Lipinski definition) is 6. The van der Waals surface area contributed by atoms with Crippen molar-refractivity contribution in [3.63, 3.8) is 0 Å². The van der Waals surface area contributed by atoms with Crippen molar-refractivity contribution < 1.29 is 27.5 Å². The number of carbonyl (C=O) groups excluding carboxylic acids is 2. The van der Waals surface area contributed by atoms with Crippen LogP contribution in [-0.4, -0.2) is 38.6 Å². The van der Waals surface area contributed by atoms with Gasteiger partial charge >= 0.3 is 5.97 Å². The lowest BCUT2D eigenvalue weighted by molar-refractivity contribution is -0.153. The van der Waals surface area contributed by atoms with Gasteiger partial charge in [-0.2, -0.15) is 0 Å². The van der Waals surface area contributed by atoms with Crippen molar-refractivity contribution >= 4 is 27.5 Å². The maximum Gasteiger partial charge on any atom is 0.347 e. The number of benzene rings is 2. The highest BCUT2D eigenvalue weighted by molar-refractivity contribution is 7.92. The van der Waals surface area contributed by atoms with E-state index in [9.17, 15) is 18.0 Å². The number of rotatable bonds is 8. The van der Waals surface area contributed by atoms with E-state index in [-0.39, 0.29) is 0 Å². The van der Waals surface area contributed by atoms with Crippen molar-refractivity contribution in [1.29, 1.82) is 0 Å². The van der Waals surface area contributed by atoms with Gasteiger partial charge in [0, 0.05) is 11.3 Å². The van der Waals surface area contributed by atoms with E-state index in [1.54, 1.807) is 19.1 Å². The molecule has 2 aromatic carbocycles. The summed E-state index contributed by atoms with van der Waals surface area (Å²) in [4.78, 5) is 24.6. The Hall–Kier alpha value is -2.87. The fourth-order valence-corrected chi connectivity index (χ4v) is 2.91. The van der Waals surface area contributed by atoms with E-state index in [1.165, 1.54) is 31.2 Å². The van der Waals surface area contributed by atoms with Crippen molar-refractivity contribution in [2.45, 2.75) is 33.0 Å². The van der Waals surface area contributed by atoms with Gasteiger partial charge in [-0.25, -0.2) is 13.2 Å².